The fraction of sp³-hybridized carbons (Fsp3) is 0.212. The number of rotatable bonds is 10. The minimum Gasteiger partial charge on any atom is -0.348 e. The SMILES string of the molecule is Cc1c(C(=O)NCC=Cc2ccc3nc(Nc4ccc(CN(C)C)cc4)ncc3c2F)c(=O)n(Cc2ccc(F)c(F)c2)n1C. The van der Waals surface area contributed by atoms with Gasteiger partial charge in [0.1, 0.15) is 11.4 Å². The van der Waals surface area contributed by atoms with E-state index in [0.717, 1.165) is 24.4 Å². The maximum atomic E-state index is 15.3. The van der Waals surface area contributed by atoms with Crippen molar-refractivity contribution in [3.8, 4) is 0 Å². The Balaban J connectivity index is 1.23. The standard InChI is InChI=1S/C33H32F3N7O2/c1-20-29(32(45)43(42(20)4)19-22-9-13-26(34)27(35)16-22)31(44)37-15-5-6-23-10-14-28-25(30(23)36)17-38-33(40-28)39-24-11-7-21(8-12-24)18-41(2)3/h5-14,16-17H,15,18-19H2,1-4H3,(H,37,44)(H,38,39,40). The van der Waals surface area contributed by atoms with Gasteiger partial charge in [0.15, 0.2) is 11.6 Å². The minimum atomic E-state index is -1.02. The molecule has 0 aliphatic heterocycles. The number of aromatic nitrogens is 4. The normalized spacial score (nSPS) is 11.6. The van der Waals surface area contributed by atoms with E-state index in [9.17, 15) is 18.4 Å². The lowest BCUT2D eigenvalue weighted by Gasteiger charge is -2.11. The van der Waals surface area contributed by atoms with Crippen LogP contribution in [0.15, 0.2) is 71.7 Å². The number of hydrogen-bond acceptors (Lipinski definition) is 6. The molecule has 0 atom stereocenters. The van der Waals surface area contributed by atoms with Crippen LogP contribution in [0.1, 0.15) is 32.7 Å². The zero-order chi connectivity index (χ0) is 32.2. The molecule has 1 amide bonds. The van der Waals surface area contributed by atoms with Crippen LogP contribution in [0.3, 0.4) is 0 Å². The molecular weight excluding hydrogens is 583 g/mol. The summed E-state index contributed by atoms with van der Waals surface area (Å²) in [6.07, 6.45) is 4.51. The summed E-state index contributed by atoms with van der Waals surface area (Å²) >= 11 is 0. The molecule has 9 nitrogen and oxygen atoms in total. The van der Waals surface area contributed by atoms with Crippen LogP contribution >= 0.6 is 0 Å². The Kier molecular flexibility index (Phi) is 9.14. The highest BCUT2D eigenvalue weighted by Crippen LogP contribution is 2.23. The number of halogens is 3. The van der Waals surface area contributed by atoms with Crippen LogP contribution in [-0.2, 0) is 20.1 Å². The Morgan fingerprint density at radius 2 is 1.73 bits per heavy atom. The third kappa shape index (κ3) is 6.96. The number of nitrogens with zero attached hydrogens (tertiary/aromatic N) is 5. The van der Waals surface area contributed by atoms with Gasteiger partial charge in [-0.15, -0.1) is 0 Å². The first-order chi connectivity index (χ1) is 21.5. The van der Waals surface area contributed by atoms with Crippen LogP contribution in [0.4, 0.5) is 24.8 Å². The summed E-state index contributed by atoms with van der Waals surface area (Å²) in [6.45, 7) is 2.42. The van der Waals surface area contributed by atoms with Gasteiger partial charge >= 0.3 is 0 Å². The van der Waals surface area contributed by atoms with E-state index in [-0.39, 0.29) is 29.6 Å². The zero-order valence-electron chi connectivity index (χ0n) is 25.2. The molecule has 0 aliphatic rings. The Morgan fingerprint density at radius 1 is 1.00 bits per heavy atom. The average Bonchev–Trinajstić information content (AvgIpc) is 3.21. The van der Waals surface area contributed by atoms with E-state index < -0.39 is 28.9 Å². The second-order valence-corrected chi connectivity index (χ2v) is 10.9. The highest BCUT2D eigenvalue weighted by molar-refractivity contribution is 5.95. The molecule has 2 N–H and O–H groups in total. The Morgan fingerprint density at radius 3 is 2.44 bits per heavy atom. The molecule has 5 rings (SSSR count). The maximum absolute atomic E-state index is 15.3. The fourth-order valence-electron chi connectivity index (χ4n) is 4.90. The van der Waals surface area contributed by atoms with Crippen molar-refractivity contribution in [2.75, 3.05) is 26.0 Å². The summed E-state index contributed by atoms with van der Waals surface area (Å²) in [7, 11) is 5.61. The predicted molar refractivity (Wildman–Crippen MR) is 168 cm³/mol. The van der Waals surface area contributed by atoms with Gasteiger partial charge in [0, 0.05) is 43.3 Å². The van der Waals surface area contributed by atoms with Gasteiger partial charge in [0.25, 0.3) is 11.5 Å². The summed E-state index contributed by atoms with van der Waals surface area (Å²) in [5.74, 6) is -2.78. The molecule has 3 aromatic carbocycles. The van der Waals surface area contributed by atoms with Crippen molar-refractivity contribution < 1.29 is 18.0 Å². The lowest BCUT2D eigenvalue weighted by atomic mass is 10.1. The number of carbonyl (C=O) groups excluding carboxylic acids is 1. The third-order valence-electron chi connectivity index (χ3n) is 7.32. The van der Waals surface area contributed by atoms with Gasteiger partial charge in [0.2, 0.25) is 5.95 Å². The number of fused-ring (bicyclic) bond motifs is 1. The number of amides is 1. The summed E-state index contributed by atoms with van der Waals surface area (Å²) in [6, 6.07) is 14.5. The van der Waals surface area contributed by atoms with E-state index in [2.05, 4.69) is 25.5 Å². The summed E-state index contributed by atoms with van der Waals surface area (Å²) in [5.41, 5.74) is 2.82. The van der Waals surface area contributed by atoms with Crippen LogP contribution in [0, 0.1) is 24.4 Å². The van der Waals surface area contributed by atoms with Crippen molar-refractivity contribution in [2.45, 2.75) is 20.0 Å². The van der Waals surface area contributed by atoms with Crippen LogP contribution in [0.2, 0.25) is 0 Å². The molecule has 12 heteroatoms. The third-order valence-corrected chi connectivity index (χ3v) is 7.32. The summed E-state index contributed by atoms with van der Waals surface area (Å²) in [5, 5.41) is 6.04. The lowest BCUT2D eigenvalue weighted by Crippen LogP contribution is -2.31. The Bertz CT molecular complexity index is 1960. The molecule has 0 saturated carbocycles. The lowest BCUT2D eigenvalue weighted by molar-refractivity contribution is 0.0956. The zero-order valence-corrected chi connectivity index (χ0v) is 25.2. The second-order valence-electron chi connectivity index (χ2n) is 10.9. The molecule has 2 aromatic heterocycles. The molecule has 0 fully saturated rings. The first-order valence-electron chi connectivity index (χ1n) is 14.1. The van der Waals surface area contributed by atoms with Crippen molar-refractivity contribution in [3.05, 3.63) is 123 Å². The van der Waals surface area contributed by atoms with Crippen LogP contribution in [-0.4, -0.2) is 50.8 Å². The largest absolute Gasteiger partial charge is 0.348 e. The van der Waals surface area contributed by atoms with Gasteiger partial charge in [-0.3, -0.25) is 14.3 Å². The van der Waals surface area contributed by atoms with Gasteiger partial charge < -0.3 is 15.5 Å². The van der Waals surface area contributed by atoms with Crippen molar-refractivity contribution in [1.82, 2.24) is 29.5 Å². The molecule has 2 heterocycles. The molecule has 0 saturated heterocycles. The van der Waals surface area contributed by atoms with E-state index in [0.29, 0.717) is 22.7 Å². The molecular formula is C33H32F3N7O2. The molecule has 0 aliphatic carbocycles. The number of hydrogen-bond donors (Lipinski definition) is 2. The van der Waals surface area contributed by atoms with Gasteiger partial charge in [-0.2, -0.15) is 0 Å². The summed E-state index contributed by atoms with van der Waals surface area (Å²) in [4.78, 5) is 36.7. The molecule has 0 radical (unpaired) electrons. The fourth-order valence-corrected chi connectivity index (χ4v) is 4.90. The van der Waals surface area contributed by atoms with Crippen LogP contribution < -0.4 is 16.2 Å². The van der Waals surface area contributed by atoms with Gasteiger partial charge in [0.05, 0.1) is 17.4 Å². The topological polar surface area (TPSA) is 97.1 Å². The first-order valence-corrected chi connectivity index (χ1v) is 14.1. The van der Waals surface area contributed by atoms with Gasteiger partial charge in [-0.05, 0) is 68.5 Å². The molecule has 0 unspecified atom stereocenters. The highest BCUT2D eigenvalue weighted by Gasteiger charge is 2.21. The monoisotopic (exact) mass is 615 g/mol. The number of nitrogens with one attached hydrogen (secondary N) is 2. The van der Waals surface area contributed by atoms with Crippen LogP contribution in [0.25, 0.3) is 17.0 Å². The second kappa shape index (κ2) is 13.2. The average molecular weight is 616 g/mol. The minimum absolute atomic E-state index is 0.0277. The first kappa shape index (κ1) is 31.2. The van der Waals surface area contributed by atoms with Crippen molar-refractivity contribution in [1.29, 1.82) is 0 Å². The quantitative estimate of drug-likeness (QED) is 0.226. The van der Waals surface area contributed by atoms with Crippen LogP contribution in [0.5, 0.6) is 0 Å². The molecule has 0 bridgehead atoms. The van der Waals surface area contributed by atoms with Gasteiger partial charge in [-0.25, -0.2) is 27.8 Å². The number of anilines is 2. The molecule has 0 spiro atoms. The predicted octanol–water partition coefficient (Wildman–Crippen LogP) is 5.15. The Labute approximate surface area is 257 Å². The number of carbonyl (C=O) groups is 1. The Hall–Kier alpha value is -5.23. The van der Waals surface area contributed by atoms with E-state index in [4.69, 9.17) is 0 Å². The summed E-state index contributed by atoms with van der Waals surface area (Å²) < 4.78 is 45.0. The number of benzene rings is 3. The van der Waals surface area contributed by atoms with E-state index in [1.54, 1.807) is 32.2 Å². The van der Waals surface area contributed by atoms with E-state index >= 15 is 4.39 Å². The molecule has 5 aromatic rings. The molecule has 232 valence electrons. The van der Waals surface area contributed by atoms with Crippen molar-refractivity contribution >= 4 is 34.5 Å². The van der Waals surface area contributed by atoms with Crippen molar-refractivity contribution in [2.24, 2.45) is 7.05 Å². The molecule has 45 heavy (non-hydrogen) atoms. The smallest absolute Gasteiger partial charge is 0.280 e. The highest BCUT2D eigenvalue weighted by atomic mass is 19.2. The van der Waals surface area contributed by atoms with E-state index in [1.807, 2.05) is 38.4 Å². The van der Waals surface area contributed by atoms with Gasteiger partial charge in [-0.1, -0.05) is 30.4 Å². The van der Waals surface area contributed by atoms with E-state index in [1.165, 1.54) is 33.3 Å². The maximum Gasteiger partial charge on any atom is 0.280 e. The van der Waals surface area contributed by atoms with Crippen molar-refractivity contribution in [3.63, 3.8) is 0 Å².